The van der Waals surface area contributed by atoms with E-state index in [9.17, 15) is 19.8 Å². The number of hydrogen-bond acceptors (Lipinski definition) is 9. The van der Waals surface area contributed by atoms with Gasteiger partial charge in [0.15, 0.2) is 22.8 Å². The predicted octanol–water partition coefficient (Wildman–Crippen LogP) is -1.57. The van der Waals surface area contributed by atoms with E-state index in [4.69, 9.17) is 9.47 Å². The maximum atomic E-state index is 12.6. The van der Waals surface area contributed by atoms with Crippen LogP contribution in [0.1, 0.15) is 20.3 Å². The molecule has 13 nitrogen and oxygen atoms in total. The van der Waals surface area contributed by atoms with E-state index in [0.717, 1.165) is 11.0 Å². The lowest BCUT2D eigenvalue weighted by Crippen LogP contribution is -2.40. The summed E-state index contributed by atoms with van der Waals surface area (Å²) in [6.07, 6.45) is 0.0105. The van der Waals surface area contributed by atoms with Crippen molar-refractivity contribution in [3.8, 4) is 11.5 Å². The predicted molar refractivity (Wildman–Crippen MR) is 110 cm³/mol. The first-order chi connectivity index (χ1) is 15.2. The molecule has 5 heterocycles. The first-order valence-electron chi connectivity index (χ1n) is 10.5. The van der Waals surface area contributed by atoms with Gasteiger partial charge in [-0.05, 0) is 20.3 Å². The second-order valence-electron chi connectivity index (χ2n) is 8.63. The molecule has 3 aromatic heterocycles. The Balaban J connectivity index is 1.51. The van der Waals surface area contributed by atoms with Crippen LogP contribution in [0, 0.1) is 0 Å². The number of aliphatic hydroxyl groups excluding tert-OH is 2. The van der Waals surface area contributed by atoms with Crippen LogP contribution in [0.3, 0.4) is 0 Å². The Morgan fingerprint density at radius 3 is 2.75 bits per heavy atom. The Bertz CT molecular complexity index is 1300. The van der Waals surface area contributed by atoms with Gasteiger partial charge in [-0.2, -0.15) is 0 Å². The number of imidazole rings is 1. The van der Waals surface area contributed by atoms with Crippen LogP contribution in [0.25, 0.3) is 22.7 Å². The Hall–Kier alpha value is -2.87. The average Bonchev–Trinajstić information content (AvgIpc) is 3.45. The third-order valence-electron chi connectivity index (χ3n) is 5.91. The summed E-state index contributed by atoms with van der Waals surface area (Å²) >= 11 is 0. The third-order valence-corrected chi connectivity index (χ3v) is 5.91. The van der Waals surface area contributed by atoms with Gasteiger partial charge in [0.25, 0.3) is 5.56 Å². The van der Waals surface area contributed by atoms with Crippen molar-refractivity contribution in [1.82, 2.24) is 33.7 Å². The summed E-state index contributed by atoms with van der Waals surface area (Å²) in [5, 5.41) is 27.8. The minimum atomic E-state index is -1.10. The van der Waals surface area contributed by atoms with Crippen molar-refractivity contribution >= 4 is 11.2 Å². The molecule has 172 valence electrons. The van der Waals surface area contributed by atoms with Crippen molar-refractivity contribution in [2.75, 3.05) is 6.61 Å². The number of aliphatic hydroxyl groups is 2. The zero-order valence-electron chi connectivity index (χ0n) is 18.0. The molecule has 1 saturated heterocycles. The molecule has 0 unspecified atom stereocenters. The van der Waals surface area contributed by atoms with Gasteiger partial charge in [-0.25, -0.2) is 14.5 Å². The van der Waals surface area contributed by atoms with E-state index < -0.39 is 36.3 Å². The minimum absolute atomic E-state index is 0.219. The van der Waals surface area contributed by atoms with Crippen LogP contribution in [0.15, 0.2) is 15.8 Å². The molecule has 0 radical (unpaired) electrons. The summed E-state index contributed by atoms with van der Waals surface area (Å²) in [4.78, 5) is 29.6. The molecule has 0 aromatic carbocycles. The lowest BCUT2D eigenvalue weighted by atomic mass is 10.1. The van der Waals surface area contributed by atoms with Gasteiger partial charge in [0.05, 0.1) is 19.3 Å². The molecule has 0 aliphatic carbocycles. The molecule has 5 rings (SSSR count). The quantitative estimate of drug-likeness (QED) is 0.473. The summed E-state index contributed by atoms with van der Waals surface area (Å²) in [7, 11) is 1.44. The zero-order valence-corrected chi connectivity index (χ0v) is 18.0. The molecule has 0 amide bonds. The summed E-state index contributed by atoms with van der Waals surface area (Å²) in [6, 6.07) is 0. The molecule has 13 heteroatoms. The van der Waals surface area contributed by atoms with Crippen molar-refractivity contribution in [3.63, 3.8) is 0 Å². The number of rotatable bonds is 5. The van der Waals surface area contributed by atoms with Crippen molar-refractivity contribution in [2.24, 2.45) is 7.05 Å². The van der Waals surface area contributed by atoms with E-state index in [1.807, 2.05) is 4.57 Å². The second-order valence-corrected chi connectivity index (χ2v) is 8.63. The van der Waals surface area contributed by atoms with Gasteiger partial charge in [-0.15, -0.1) is 5.10 Å². The van der Waals surface area contributed by atoms with Gasteiger partial charge in [-0.1, -0.05) is 5.21 Å². The SMILES string of the molecule is Cn1c(=O)c2nc(-c3cn(C[C@H]4OC(C)(C)O[C@@H]4[C@H](O)CO)nn3)n3c2n(c1=O)CCC3. The maximum absolute atomic E-state index is 12.6. The normalized spacial score (nSPS) is 23.2. The number of aromatic nitrogens is 7. The largest absolute Gasteiger partial charge is 0.394 e. The van der Waals surface area contributed by atoms with Gasteiger partial charge >= 0.3 is 5.69 Å². The molecule has 3 aromatic rings. The van der Waals surface area contributed by atoms with Gasteiger partial charge in [0, 0.05) is 20.1 Å². The van der Waals surface area contributed by atoms with Crippen molar-refractivity contribution in [3.05, 3.63) is 27.0 Å². The van der Waals surface area contributed by atoms with E-state index in [-0.39, 0.29) is 17.8 Å². The van der Waals surface area contributed by atoms with Crippen LogP contribution in [0.4, 0.5) is 0 Å². The van der Waals surface area contributed by atoms with Crippen LogP contribution in [-0.4, -0.2) is 74.6 Å². The van der Waals surface area contributed by atoms with Crippen molar-refractivity contribution < 1.29 is 19.7 Å². The Labute approximate surface area is 181 Å². The highest BCUT2D eigenvalue weighted by atomic mass is 16.8. The monoisotopic (exact) mass is 447 g/mol. The van der Waals surface area contributed by atoms with Crippen LogP contribution in [-0.2, 0) is 36.2 Å². The van der Waals surface area contributed by atoms with E-state index >= 15 is 0 Å². The highest BCUT2D eigenvalue weighted by Gasteiger charge is 2.45. The number of nitrogens with zero attached hydrogens (tertiary/aromatic N) is 7. The molecule has 2 N–H and O–H groups in total. The molecular weight excluding hydrogens is 422 g/mol. The smallest absolute Gasteiger partial charge is 0.332 e. The molecule has 0 saturated carbocycles. The van der Waals surface area contributed by atoms with Gasteiger partial charge in [-0.3, -0.25) is 13.9 Å². The van der Waals surface area contributed by atoms with Gasteiger partial charge in [0.1, 0.15) is 24.0 Å². The minimum Gasteiger partial charge on any atom is -0.394 e. The molecule has 0 bridgehead atoms. The molecule has 32 heavy (non-hydrogen) atoms. The topological polar surface area (TPSA) is 151 Å². The molecule has 3 atom stereocenters. The van der Waals surface area contributed by atoms with Crippen LogP contribution in [0.2, 0.25) is 0 Å². The fraction of sp³-hybridized carbons (Fsp3) is 0.632. The maximum Gasteiger partial charge on any atom is 0.332 e. The summed E-state index contributed by atoms with van der Waals surface area (Å²) in [5.41, 5.74) is 0.343. The second kappa shape index (κ2) is 7.33. The van der Waals surface area contributed by atoms with Crippen LogP contribution >= 0.6 is 0 Å². The van der Waals surface area contributed by atoms with E-state index in [1.165, 1.54) is 7.05 Å². The van der Waals surface area contributed by atoms with Crippen molar-refractivity contribution in [2.45, 2.75) is 64.0 Å². The van der Waals surface area contributed by atoms with Crippen molar-refractivity contribution in [1.29, 1.82) is 0 Å². The van der Waals surface area contributed by atoms with Crippen LogP contribution < -0.4 is 11.2 Å². The highest BCUT2D eigenvalue weighted by molar-refractivity contribution is 5.76. The first kappa shape index (κ1) is 21.0. The summed E-state index contributed by atoms with van der Waals surface area (Å²) in [5.74, 6) is -0.456. The van der Waals surface area contributed by atoms with Crippen LogP contribution in [0.5, 0.6) is 0 Å². The lowest BCUT2D eigenvalue weighted by Gasteiger charge is -2.20. The molecule has 1 fully saturated rings. The number of aryl methyl sites for hydroxylation is 2. The van der Waals surface area contributed by atoms with E-state index in [0.29, 0.717) is 30.3 Å². The zero-order chi connectivity index (χ0) is 22.8. The lowest BCUT2D eigenvalue weighted by molar-refractivity contribution is -0.157. The summed E-state index contributed by atoms with van der Waals surface area (Å²) < 4.78 is 17.6. The fourth-order valence-electron chi connectivity index (χ4n) is 4.48. The Morgan fingerprint density at radius 2 is 2.00 bits per heavy atom. The molecule has 0 spiro atoms. The third kappa shape index (κ3) is 3.20. The van der Waals surface area contributed by atoms with E-state index in [1.54, 1.807) is 29.3 Å². The van der Waals surface area contributed by atoms with E-state index in [2.05, 4.69) is 15.3 Å². The fourth-order valence-corrected chi connectivity index (χ4v) is 4.48. The number of hydrogen-bond donors (Lipinski definition) is 2. The average molecular weight is 447 g/mol. The van der Waals surface area contributed by atoms with Gasteiger partial charge < -0.3 is 24.3 Å². The molecule has 2 aliphatic heterocycles. The highest BCUT2D eigenvalue weighted by Crippen LogP contribution is 2.31. The Kier molecular flexibility index (Phi) is 4.81. The molecule has 2 aliphatic rings. The number of ether oxygens (including phenoxy) is 2. The molecular formula is C19H25N7O6. The first-order valence-corrected chi connectivity index (χ1v) is 10.5. The summed E-state index contributed by atoms with van der Waals surface area (Å²) in [6.45, 7) is 4.36. The standard InChI is InChI=1S/C19H25N7O6/c1-19(2)31-12(14(32-19)11(28)9-27)8-24-7-10(21-22-24)15-20-13-16-25(15)5-4-6-26(16)18(30)23(3)17(13)29/h7,11-12,14,27-28H,4-6,8-9H2,1-3H3/t11-,12-,14-/m1/s1. The Morgan fingerprint density at radius 1 is 1.25 bits per heavy atom. The van der Waals surface area contributed by atoms with Gasteiger partial charge in [0.2, 0.25) is 0 Å².